The number of fused-ring (bicyclic) bond motifs is 1. The average molecular weight is 576 g/mol. The minimum atomic E-state index is -0.369. The molecule has 0 saturated carbocycles. The topological polar surface area (TPSA) is 62.2 Å². The van der Waals surface area contributed by atoms with Crippen LogP contribution in [0.1, 0.15) is 96.4 Å². The predicted molar refractivity (Wildman–Crippen MR) is 178 cm³/mol. The molecule has 230 valence electrons. The number of phenolic OH excluding ortho intramolecular Hbond substituents is 1. The number of allylic oxidation sites excluding steroid dienone is 4. The van der Waals surface area contributed by atoms with Crippen LogP contribution in [0.3, 0.4) is 0 Å². The summed E-state index contributed by atoms with van der Waals surface area (Å²) in [6.45, 7) is 22.5. The number of benzene rings is 2. The van der Waals surface area contributed by atoms with Crippen LogP contribution in [0, 0.1) is 6.92 Å². The van der Waals surface area contributed by atoms with E-state index in [0.29, 0.717) is 18.8 Å². The molecule has 5 heteroatoms. The second kappa shape index (κ2) is 18.2. The van der Waals surface area contributed by atoms with Crippen molar-refractivity contribution in [3.8, 4) is 17.2 Å². The Morgan fingerprint density at radius 2 is 1.76 bits per heavy atom. The van der Waals surface area contributed by atoms with Gasteiger partial charge in [0.25, 0.3) is 0 Å². The molecule has 1 saturated heterocycles. The molecule has 0 aromatic heterocycles. The van der Waals surface area contributed by atoms with Crippen molar-refractivity contribution in [1.82, 2.24) is 4.90 Å². The van der Waals surface area contributed by atoms with Crippen LogP contribution >= 0.6 is 0 Å². The van der Waals surface area contributed by atoms with Crippen molar-refractivity contribution in [3.05, 3.63) is 94.8 Å². The largest absolute Gasteiger partial charge is 0.508 e. The van der Waals surface area contributed by atoms with Crippen LogP contribution in [0.15, 0.2) is 78.1 Å². The summed E-state index contributed by atoms with van der Waals surface area (Å²) in [6, 6.07) is 11.4. The second-order valence-corrected chi connectivity index (χ2v) is 10.6. The number of nitrogens with zero attached hydrogens (tertiary/aromatic N) is 1. The van der Waals surface area contributed by atoms with Crippen LogP contribution in [0.4, 0.5) is 0 Å². The lowest BCUT2D eigenvalue weighted by molar-refractivity contribution is 0.183. The molecule has 2 heterocycles. The van der Waals surface area contributed by atoms with Crippen molar-refractivity contribution in [1.29, 1.82) is 0 Å². The third-order valence-electron chi connectivity index (χ3n) is 7.23. The van der Waals surface area contributed by atoms with Gasteiger partial charge in [-0.2, -0.15) is 0 Å². The fourth-order valence-corrected chi connectivity index (χ4v) is 5.12. The van der Waals surface area contributed by atoms with E-state index in [1.54, 1.807) is 31.2 Å². The third kappa shape index (κ3) is 9.84. The number of piperidine rings is 1. The monoisotopic (exact) mass is 575 g/mol. The molecule has 4 rings (SSSR count). The highest BCUT2D eigenvalue weighted by atomic mass is 16.5. The van der Waals surface area contributed by atoms with Gasteiger partial charge >= 0.3 is 0 Å². The molecular formula is C37H53NO4. The summed E-state index contributed by atoms with van der Waals surface area (Å²) in [6.07, 6.45) is 10.6. The first-order valence-electron chi connectivity index (χ1n) is 15.6. The molecule has 0 aliphatic carbocycles. The van der Waals surface area contributed by atoms with Gasteiger partial charge in [-0.3, -0.25) is 4.90 Å². The zero-order valence-electron chi connectivity index (χ0n) is 27.0. The molecule has 2 aliphatic rings. The maximum absolute atomic E-state index is 10.1. The standard InChI is InChI=1S/C32H39NO4.C3H8.C2H6/c1-5-26(34)11-9-10-22(2)31-24(4)28-14-13-27(35)21-30(28)37-32(31)25-12-15-29(23(3)20-25)36-19-18-33-16-7-6-8-17-33;1-3-2;1-2/h5,9,11-15,20-21,32,34-35H,2,6-8,10,16-19H2,1,3-4H3;3H2,1-2H3;1-2H3/b11-9?,26-5+;;/t32-;;/m0../s1. The van der Waals surface area contributed by atoms with E-state index in [1.165, 1.54) is 38.8 Å². The molecule has 0 unspecified atom stereocenters. The SMILES string of the molecule is C=C(CC=C/C(O)=C\C)C1=C(C)c2ccc(O)cc2O[C@H]1c1ccc(OCCN2CCCCC2)c(C)c1.CC.CCC. The van der Waals surface area contributed by atoms with Gasteiger partial charge in [0.05, 0.1) is 0 Å². The maximum Gasteiger partial charge on any atom is 0.149 e. The zero-order valence-corrected chi connectivity index (χ0v) is 27.0. The van der Waals surface area contributed by atoms with Gasteiger partial charge < -0.3 is 19.7 Å². The van der Waals surface area contributed by atoms with Gasteiger partial charge in [-0.1, -0.05) is 59.3 Å². The molecule has 42 heavy (non-hydrogen) atoms. The third-order valence-corrected chi connectivity index (χ3v) is 7.23. The summed E-state index contributed by atoms with van der Waals surface area (Å²) < 4.78 is 12.6. The van der Waals surface area contributed by atoms with Crippen molar-refractivity contribution in [2.45, 2.75) is 86.7 Å². The summed E-state index contributed by atoms with van der Waals surface area (Å²) >= 11 is 0. The molecule has 1 atom stereocenters. The van der Waals surface area contributed by atoms with E-state index in [1.807, 2.05) is 32.1 Å². The molecular weight excluding hydrogens is 522 g/mol. The minimum absolute atomic E-state index is 0.172. The quantitative estimate of drug-likeness (QED) is 0.230. The lowest BCUT2D eigenvalue weighted by Crippen LogP contribution is -2.33. The highest BCUT2D eigenvalue weighted by Gasteiger charge is 2.30. The summed E-state index contributed by atoms with van der Waals surface area (Å²) in [7, 11) is 0. The van der Waals surface area contributed by atoms with Gasteiger partial charge in [0, 0.05) is 23.7 Å². The van der Waals surface area contributed by atoms with Gasteiger partial charge in [0.15, 0.2) is 0 Å². The Morgan fingerprint density at radius 1 is 1.07 bits per heavy atom. The predicted octanol–water partition coefficient (Wildman–Crippen LogP) is 9.88. The fourth-order valence-electron chi connectivity index (χ4n) is 5.12. The van der Waals surface area contributed by atoms with Crippen LogP contribution in [-0.2, 0) is 0 Å². The van der Waals surface area contributed by atoms with Gasteiger partial charge in [0.2, 0.25) is 0 Å². The van der Waals surface area contributed by atoms with E-state index < -0.39 is 0 Å². The Bertz CT molecular complexity index is 1230. The minimum Gasteiger partial charge on any atom is -0.508 e. The number of aliphatic hydroxyl groups is 1. The number of hydrogen-bond donors (Lipinski definition) is 2. The van der Waals surface area contributed by atoms with E-state index in [2.05, 4.69) is 51.3 Å². The van der Waals surface area contributed by atoms with Gasteiger partial charge in [-0.25, -0.2) is 0 Å². The lowest BCUT2D eigenvalue weighted by Gasteiger charge is -2.32. The van der Waals surface area contributed by atoms with Crippen molar-refractivity contribution in [3.63, 3.8) is 0 Å². The lowest BCUT2D eigenvalue weighted by atomic mass is 9.85. The summed E-state index contributed by atoms with van der Waals surface area (Å²) in [5, 5.41) is 19.9. The highest BCUT2D eigenvalue weighted by Crippen LogP contribution is 2.46. The number of aryl methyl sites for hydroxylation is 1. The van der Waals surface area contributed by atoms with Crippen molar-refractivity contribution >= 4 is 5.57 Å². The Morgan fingerprint density at radius 3 is 2.40 bits per heavy atom. The number of ether oxygens (including phenoxy) is 2. The molecule has 0 bridgehead atoms. The summed E-state index contributed by atoms with van der Waals surface area (Å²) in [5.74, 6) is 1.94. The molecule has 2 aromatic rings. The first kappa shape index (κ1) is 34.8. The van der Waals surface area contributed by atoms with Gasteiger partial charge in [-0.05, 0) is 112 Å². The Labute approximate surface area is 254 Å². The summed E-state index contributed by atoms with van der Waals surface area (Å²) in [5.41, 5.74) is 6.01. The van der Waals surface area contributed by atoms with Crippen LogP contribution in [0.25, 0.3) is 5.57 Å². The van der Waals surface area contributed by atoms with Crippen LogP contribution < -0.4 is 9.47 Å². The van der Waals surface area contributed by atoms with E-state index in [9.17, 15) is 10.2 Å². The zero-order chi connectivity index (χ0) is 31.1. The molecule has 0 amide bonds. The molecule has 0 radical (unpaired) electrons. The number of likely N-dealkylation sites (tertiary alicyclic amines) is 1. The van der Waals surface area contributed by atoms with E-state index in [4.69, 9.17) is 9.47 Å². The fraction of sp³-hybridized carbons (Fsp3) is 0.459. The van der Waals surface area contributed by atoms with E-state index in [-0.39, 0.29) is 17.6 Å². The highest BCUT2D eigenvalue weighted by molar-refractivity contribution is 5.78. The first-order chi connectivity index (χ1) is 20.3. The Hall–Kier alpha value is -3.44. The Balaban J connectivity index is 0.00000116. The Kier molecular flexibility index (Phi) is 15.0. The van der Waals surface area contributed by atoms with Crippen LogP contribution in [0.2, 0.25) is 0 Å². The van der Waals surface area contributed by atoms with Crippen molar-refractivity contribution < 1.29 is 19.7 Å². The first-order valence-corrected chi connectivity index (χ1v) is 15.6. The van der Waals surface area contributed by atoms with Gasteiger partial charge in [-0.15, -0.1) is 0 Å². The molecule has 2 aromatic carbocycles. The number of hydrogen-bond acceptors (Lipinski definition) is 5. The van der Waals surface area contributed by atoms with Crippen LogP contribution in [-0.4, -0.2) is 41.4 Å². The normalized spacial score (nSPS) is 16.9. The number of rotatable bonds is 9. The van der Waals surface area contributed by atoms with Crippen molar-refractivity contribution in [2.24, 2.45) is 0 Å². The van der Waals surface area contributed by atoms with Crippen molar-refractivity contribution in [2.75, 3.05) is 26.2 Å². The van der Waals surface area contributed by atoms with E-state index in [0.717, 1.165) is 45.7 Å². The van der Waals surface area contributed by atoms with E-state index >= 15 is 0 Å². The molecule has 1 fully saturated rings. The number of aliphatic hydroxyl groups excluding tert-OH is 1. The molecule has 2 N–H and O–H groups in total. The van der Waals surface area contributed by atoms with Crippen LogP contribution in [0.5, 0.6) is 17.2 Å². The number of aromatic hydroxyl groups is 1. The smallest absolute Gasteiger partial charge is 0.149 e. The van der Waals surface area contributed by atoms with Gasteiger partial charge in [0.1, 0.15) is 35.7 Å². The summed E-state index contributed by atoms with van der Waals surface area (Å²) in [4.78, 5) is 2.48. The second-order valence-electron chi connectivity index (χ2n) is 10.6. The number of phenols is 1. The molecule has 2 aliphatic heterocycles. The maximum atomic E-state index is 10.1. The molecule has 5 nitrogen and oxygen atoms in total. The molecule has 0 spiro atoms. The average Bonchev–Trinajstić information content (AvgIpc) is 2.99.